The molecule has 0 amide bonds. The van der Waals surface area contributed by atoms with E-state index in [4.69, 9.17) is 9.15 Å². The molecule has 0 fully saturated rings. The van der Waals surface area contributed by atoms with Crippen molar-refractivity contribution < 1.29 is 14.3 Å². The van der Waals surface area contributed by atoms with Crippen LogP contribution in [0, 0.1) is 13.8 Å². The van der Waals surface area contributed by atoms with Crippen molar-refractivity contribution in [2.45, 2.75) is 13.8 Å². The van der Waals surface area contributed by atoms with Crippen LogP contribution in [0.3, 0.4) is 0 Å². The Bertz CT molecular complexity index is 878. The van der Waals surface area contributed by atoms with Crippen molar-refractivity contribution in [3.05, 3.63) is 64.0 Å². The van der Waals surface area contributed by atoms with Gasteiger partial charge in [-0.05, 0) is 37.6 Å². The number of hydrogen-bond acceptors (Lipinski definition) is 4. The van der Waals surface area contributed by atoms with Gasteiger partial charge in [-0.15, -0.1) is 0 Å². The summed E-state index contributed by atoms with van der Waals surface area (Å²) in [5.74, 6) is 1.22. The van der Waals surface area contributed by atoms with E-state index >= 15 is 0 Å². The van der Waals surface area contributed by atoms with E-state index in [1.54, 1.807) is 13.0 Å². The number of aryl methyl sites for hydroxylation is 2. The normalized spacial score (nSPS) is 10.8. The molecule has 0 atom stereocenters. The van der Waals surface area contributed by atoms with Gasteiger partial charge in [0.25, 0.3) is 0 Å². The Morgan fingerprint density at radius 3 is 2.62 bits per heavy atom. The monoisotopic (exact) mass is 282 g/mol. The second-order valence-electron chi connectivity index (χ2n) is 4.86. The van der Waals surface area contributed by atoms with Crippen LogP contribution >= 0.6 is 0 Å². The molecule has 0 bridgehead atoms. The first-order valence-electron chi connectivity index (χ1n) is 6.56. The van der Waals surface area contributed by atoms with Crippen LogP contribution in [0.4, 0.5) is 0 Å². The number of fused-ring (bicyclic) bond motifs is 1. The van der Waals surface area contributed by atoms with Crippen LogP contribution in [0.1, 0.15) is 11.3 Å². The molecule has 0 radical (unpaired) electrons. The Labute approximate surface area is 121 Å². The summed E-state index contributed by atoms with van der Waals surface area (Å²) >= 11 is 0. The van der Waals surface area contributed by atoms with Crippen LogP contribution in [-0.2, 0) is 0 Å². The molecule has 0 saturated carbocycles. The lowest BCUT2D eigenvalue weighted by Crippen LogP contribution is -2.07. The maximum atomic E-state index is 12.5. The SMILES string of the molecule is Cc1ccccc1Oc1c(C)oc2cc(O)ccc2c1=O. The van der Waals surface area contributed by atoms with Gasteiger partial charge in [0.15, 0.2) is 0 Å². The summed E-state index contributed by atoms with van der Waals surface area (Å²) < 4.78 is 11.3. The van der Waals surface area contributed by atoms with E-state index < -0.39 is 0 Å². The molecule has 4 nitrogen and oxygen atoms in total. The third-order valence-corrected chi connectivity index (χ3v) is 3.30. The first-order chi connectivity index (χ1) is 10.1. The van der Waals surface area contributed by atoms with Gasteiger partial charge in [0.05, 0.1) is 5.39 Å². The molecule has 1 heterocycles. The van der Waals surface area contributed by atoms with Crippen LogP contribution in [0.25, 0.3) is 11.0 Å². The second-order valence-corrected chi connectivity index (χ2v) is 4.86. The molecule has 0 aliphatic rings. The van der Waals surface area contributed by atoms with Crippen molar-refractivity contribution in [3.63, 3.8) is 0 Å². The van der Waals surface area contributed by atoms with E-state index in [-0.39, 0.29) is 16.9 Å². The molecular weight excluding hydrogens is 268 g/mol. The molecule has 0 saturated heterocycles. The molecule has 0 unspecified atom stereocenters. The van der Waals surface area contributed by atoms with Gasteiger partial charge in [-0.3, -0.25) is 4.79 Å². The Kier molecular flexibility index (Phi) is 3.14. The highest BCUT2D eigenvalue weighted by molar-refractivity contribution is 5.79. The van der Waals surface area contributed by atoms with E-state index in [2.05, 4.69) is 0 Å². The van der Waals surface area contributed by atoms with Crippen LogP contribution in [0.15, 0.2) is 51.7 Å². The number of aromatic hydroxyl groups is 1. The highest BCUT2D eigenvalue weighted by Gasteiger charge is 2.14. The topological polar surface area (TPSA) is 59.7 Å². The summed E-state index contributed by atoms with van der Waals surface area (Å²) in [5, 5.41) is 9.84. The molecular formula is C17H14O4. The van der Waals surface area contributed by atoms with Gasteiger partial charge in [0, 0.05) is 6.07 Å². The molecule has 106 valence electrons. The minimum atomic E-state index is -0.253. The smallest absolute Gasteiger partial charge is 0.235 e. The first-order valence-corrected chi connectivity index (χ1v) is 6.56. The van der Waals surface area contributed by atoms with Crippen LogP contribution < -0.4 is 10.2 Å². The second kappa shape index (κ2) is 4.98. The number of phenols is 1. The molecule has 21 heavy (non-hydrogen) atoms. The van der Waals surface area contributed by atoms with Gasteiger partial charge in [-0.1, -0.05) is 18.2 Å². The number of benzene rings is 2. The summed E-state index contributed by atoms with van der Waals surface area (Å²) in [7, 11) is 0. The summed E-state index contributed by atoms with van der Waals surface area (Å²) in [6.45, 7) is 3.57. The molecule has 1 N–H and O–H groups in total. The van der Waals surface area contributed by atoms with Crippen molar-refractivity contribution in [1.29, 1.82) is 0 Å². The number of para-hydroxylation sites is 1. The predicted molar refractivity (Wildman–Crippen MR) is 80.1 cm³/mol. The molecule has 4 heteroatoms. The Morgan fingerprint density at radius 1 is 1.10 bits per heavy atom. The number of rotatable bonds is 2. The molecule has 0 aliphatic carbocycles. The van der Waals surface area contributed by atoms with Crippen LogP contribution in [-0.4, -0.2) is 5.11 Å². The first kappa shape index (κ1) is 13.2. The lowest BCUT2D eigenvalue weighted by atomic mass is 10.2. The van der Waals surface area contributed by atoms with Gasteiger partial charge >= 0.3 is 0 Å². The van der Waals surface area contributed by atoms with Crippen molar-refractivity contribution in [2.24, 2.45) is 0 Å². The molecule has 3 rings (SSSR count). The highest BCUT2D eigenvalue weighted by Crippen LogP contribution is 2.28. The zero-order valence-corrected chi connectivity index (χ0v) is 11.7. The van der Waals surface area contributed by atoms with E-state index in [0.29, 0.717) is 22.5 Å². The number of hydrogen-bond donors (Lipinski definition) is 1. The Morgan fingerprint density at radius 2 is 1.86 bits per heavy atom. The third-order valence-electron chi connectivity index (χ3n) is 3.30. The van der Waals surface area contributed by atoms with Gasteiger partial charge in [0.1, 0.15) is 22.8 Å². The average molecular weight is 282 g/mol. The van der Waals surface area contributed by atoms with Gasteiger partial charge in [-0.25, -0.2) is 0 Å². The fraction of sp³-hybridized carbons (Fsp3) is 0.118. The van der Waals surface area contributed by atoms with Gasteiger partial charge < -0.3 is 14.3 Å². The van der Waals surface area contributed by atoms with E-state index in [0.717, 1.165) is 5.56 Å². The zero-order chi connectivity index (χ0) is 15.0. The molecule has 0 spiro atoms. The van der Waals surface area contributed by atoms with Gasteiger partial charge in [-0.2, -0.15) is 0 Å². The summed E-state index contributed by atoms with van der Waals surface area (Å²) in [6.07, 6.45) is 0. The highest BCUT2D eigenvalue weighted by atomic mass is 16.5. The molecule has 3 aromatic rings. The summed E-state index contributed by atoms with van der Waals surface area (Å²) in [4.78, 5) is 12.5. The summed E-state index contributed by atoms with van der Waals surface area (Å²) in [5.41, 5.74) is 1.02. The fourth-order valence-corrected chi connectivity index (χ4v) is 2.18. The number of phenolic OH excluding ortho intramolecular Hbond substituents is 1. The lowest BCUT2D eigenvalue weighted by molar-refractivity contribution is 0.432. The fourth-order valence-electron chi connectivity index (χ4n) is 2.18. The molecule has 0 aliphatic heterocycles. The average Bonchev–Trinajstić information content (AvgIpc) is 2.45. The van der Waals surface area contributed by atoms with Crippen LogP contribution in [0.2, 0.25) is 0 Å². The maximum Gasteiger partial charge on any atom is 0.235 e. The minimum Gasteiger partial charge on any atom is -0.508 e. The summed E-state index contributed by atoms with van der Waals surface area (Å²) in [6, 6.07) is 11.9. The maximum absolute atomic E-state index is 12.5. The molecule has 1 aromatic heterocycles. The standard InChI is InChI=1S/C17H14O4/c1-10-5-3-4-6-14(10)21-17-11(2)20-15-9-12(18)7-8-13(15)16(17)19/h3-9,18H,1-2H3. The minimum absolute atomic E-state index is 0.0534. The van der Waals surface area contributed by atoms with E-state index in [1.165, 1.54) is 18.2 Å². The zero-order valence-electron chi connectivity index (χ0n) is 11.7. The molecule has 2 aromatic carbocycles. The van der Waals surface area contributed by atoms with Crippen molar-refractivity contribution in [3.8, 4) is 17.2 Å². The quantitative estimate of drug-likeness (QED) is 0.774. The van der Waals surface area contributed by atoms with Crippen molar-refractivity contribution in [2.75, 3.05) is 0 Å². The Balaban J connectivity index is 2.17. The lowest BCUT2D eigenvalue weighted by Gasteiger charge is -2.10. The van der Waals surface area contributed by atoms with Crippen molar-refractivity contribution >= 4 is 11.0 Å². The van der Waals surface area contributed by atoms with Gasteiger partial charge in [0.2, 0.25) is 11.2 Å². The number of ether oxygens (including phenoxy) is 1. The Hall–Kier alpha value is -2.75. The van der Waals surface area contributed by atoms with E-state index in [1.807, 2.05) is 25.1 Å². The third kappa shape index (κ3) is 2.36. The van der Waals surface area contributed by atoms with E-state index in [9.17, 15) is 9.90 Å². The van der Waals surface area contributed by atoms with Crippen molar-refractivity contribution in [1.82, 2.24) is 0 Å². The predicted octanol–water partition coefficient (Wildman–Crippen LogP) is 3.91. The largest absolute Gasteiger partial charge is 0.508 e. The van der Waals surface area contributed by atoms with Crippen LogP contribution in [0.5, 0.6) is 17.2 Å².